The molecule has 3 rings (SSSR count). The third kappa shape index (κ3) is 2.72. The highest BCUT2D eigenvalue weighted by atomic mass is 16.6. The van der Waals surface area contributed by atoms with Gasteiger partial charge in [-0.05, 0) is 19.9 Å². The van der Waals surface area contributed by atoms with E-state index in [4.69, 9.17) is 4.74 Å². The lowest BCUT2D eigenvalue weighted by atomic mass is 10.1. The molecule has 24 heavy (non-hydrogen) atoms. The van der Waals surface area contributed by atoms with Gasteiger partial charge in [-0.2, -0.15) is 0 Å². The number of benzene rings is 1. The van der Waals surface area contributed by atoms with Gasteiger partial charge in [-0.15, -0.1) is 0 Å². The van der Waals surface area contributed by atoms with Crippen LogP contribution in [0, 0.1) is 6.92 Å². The van der Waals surface area contributed by atoms with Crippen molar-refractivity contribution in [3.63, 3.8) is 0 Å². The molecule has 1 saturated heterocycles. The van der Waals surface area contributed by atoms with Crippen LogP contribution in [0.5, 0.6) is 0 Å². The molecule has 2 heterocycles. The Balaban J connectivity index is 1.79. The van der Waals surface area contributed by atoms with Gasteiger partial charge in [0, 0.05) is 49.8 Å². The van der Waals surface area contributed by atoms with E-state index in [1.165, 1.54) is 0 Å². The standard InChI is InChI=1S/C18H23N3O3/c1-4-24-18(23)21-11-9-20(10-12-21)17(22)16-13(2)19(3)15-8-6-5-7-14(15)16/h5-8H,4,9-12H2,1-3H3. The molecule has 0 radical (unpaired) electrons. The first kappa shape index (κ1) is 16.4. The lowest BCUT2D eigenvalue weighted by Gasteiger charge is -2.34. The van der Waals surface area contributed by atoms with E-state index < -0.39 is 0 Å². The van der Waals surface area contributed by atoms with Gasteiger partial charge in [0.25, 0.3) is 5.91 Å². The SMILES string of the molecule is CCOC(=O)N1CCN(C(=O)c2c(C)n(C)c3ccccc23)CC1. The molecule has 6 heteroatoms. The van der Waals surface area contributed by atoms with Gasteiger partial charge in [-0.3, -0.25) is 4.79 Å². The van der Waals surface area contributed by atoms with E-state index in [0.717, 1.165) is 22.2 Å². The second kappa shape index (κ2) is 6.55. The molecule has 128 valence electrons. The van der Waals surface area contributed by atoms with E-state index >= 15 is 0 Å². The molecule has 0 bridgehead atoms. The van der Waals surface area contributed by atoms with Gasteiger partial charge in [0.15, 0.2) is 0 Å². The van der Waals surface area contributed by atoms with Gasteiger partial charge in [-0.1, -0.05) is 18.2 Å². The first-order valence-electron chi connectivity index (χ1n) is 8.29. The molecule has 0 saturated carbocycles. The number of fused-ring (bicyclic) bond motifs is 1. The van der Waals surface area contributed by atoms with Crippen LogP contribution in [-0.4, -0.2) is 59.2 Å². The summed E-state index contributed by atoms with van der Waals surface area (Å²) in [5.74, 6) is 0.0350. The van der Waals surface area contributed by atoms with Crippen LogP contribution in [0.4, 0.5) is 4.79 Å². The Bertz CT molecular complexity index is 773. The molecule has 1 aromatic heterocycles. The molecule has 1 aromatic carbocycles. The van der Waals surface area contributed by atoms with Crippen LogP contribution < -0.4 is 0 Å². The van der Waals surface area contributed by atoms with Crippen LogP contribution in [-0.2, 0) is 11.8 Å². The zero-order valence-corrected chi connectivity index (χ0v) is 14.4. The molecule has 0 unspecified atom stereocenters. The van der Waals surface area contributed by atoms with Gasteiger partial charge in [-0.25, -0.2) is 4.79 Å². The number of para-hydroxylation sites is 1. The Morgan fingerprint density at radius 3 is 2.38 bits per heavy atom. The minimum Gasteiger partial charge on any atom is -0.450 e. The maximum atomic E-state index is 13.0. The van der Waals surface area contributed by atoms with E-state index in [1.807, 2.05) is 43.1 Å². The maximum absolute atomic E-state index is 13.0. The zero-order valence-electron chi connectivity index (χ0n) is 14.4. The monoisotopic (exact) mass is 329 g/mol. The molecule has 1 aliphatic heterocycles. The predicted octanol–water partition coefficient (Wildman–Crippen LogP) is 2.40. The number of aryl methyl sites for hydroxylation is 1. The largest absolute Gasteiger partial charge is 0.450 e. The Labute approximate surface area is 141 Å². The molecule has 1 fully saturated rings. The number of hydrogen-bond donors (Lipinski definition) is 0. The van der Waals surface area contributed by atoms with Crippen molar-refractivity contribution in [3.05, 3.63) is 35.5 Å². The Morgan fingerprint density at radius 1 is 1.08 bits per heavy atom. The molecule has 0 aliphatic carbocycles. The summed E-state index contributed by atoms with van der Waals surface area (Å²) in [5.41, 5.74) is 2.79. The number of amides is 2. The van der Waals surface area contributed by atoms with Gasteiger partial charge >= 0.3 is 6.09 Å². The predicted molar refractivity (Wildman–Crippen MR) is 92.2 cm³/mol. The van der Waals surface area contributed by atoms with Gasteiger partial charge in [0.2, 0.25) is 0 Å². The fourth-order valence-corrected chi connectivity index (χ4v) is 3.26. The van der Waals surface area contributed by atoms with Crippen molar-refractivity contribution in [2.24, 2.45) is 7.05 Å². The summed E-state index contributed by atoms with van der Waals surface area (Å²) in [6.45, 7) is 6.21. The normalized spacial score (nSPS) is 15.0. The lowest BCUT2D eigenvalue weighted by molar-refractivity contribution is 0.0571. The average molecular weight is 329 g/mol. The van der Waals surface area contributed by atoms with E-state index in [1.54, 1.807) is 11.8 Å². The van der Waals surface area contributed by atoms with Crippen LogP contribution >= 0.6 is 0 Å². The molecule has 1 aliphatic rings. The van der Waals surface area contributed by atoms with Gasteiger partial charge in [0.05, 0.1) is 12.2 Å². The summed E-state index contributed by atoms with van der Waals surface area (Å²) >= 11 is 0. The Hall–Kier alpha value is -2.50. The molecular weight excluding hydrogens is 306 g/mol. The van der Waals surface area contributed by atoms with Crippen LogP contribution in [0.25, 0.3) is 10.9 Å². The van der Waals surface area contributed by atoms with Crippen LogP contribution in [0.1, 0.15) is 23.0 Å². The highest BCUT2D eigenvalue weighted by molar-refractivity contribution is 6.08. The first-order chi connectivity index (χ1) is 11.5. The molecule has 0 spiro atoms. The summed E-state index contributed by atoms with van der Waals surface area (Å²) < 4.78 is 7.08. The molecule has 2 aromatic rings. The highest BCUT2D eigenvalue weighted by Gasteiger charge is 2.28. The number of carbonyl (C=O) groups is 2. The topological polar surface area (TPSA) is 54.8 Å². The van der Waals surface area contributed by atoms with Crippen LogP contribution in [0.2, 0.25) is 0 Å². The van der Waals surface area contributed by atoms with Gasteiger partial charge in [0.1, 0.15) is 0 Å². The van der Waals surface area contributed by atoms with Crippen LogP contribution in [0.15, 0.2) is 24.3 Å². The number of ether oxygens (including phenoxy) is 1. The summed E-state index contributed by atoms with van der Waals surface area (Å²) in [6, 6.07) is 7.95. The Morgan fingerprint density at radius 2 is 1.71 bits per heavy atom. The fraction of sp³-hybridized carbons (Fsp3) is 0.444. The second-order valence-electron chi connectivity index (χ2n) is 6.01. The summed E-state index contributed by atoms with van der Waals surface area (Å²) in [4.78, 5) is 28.3. The van der Waals surface area contributed by atoms with Crippen molar-refractivity contribution in [2.45, 2.75) is 13.8 Å². The summed E-state index contributed by atoms with van der Waals surface area (Å²) in [5, 5.41) is 0.982. The number of aromatic nitrogens is 1. The van der Waals surface area contributed by atoms with Crippen molar-refractivity contribution in [2.75, 3.05) is 32.8 Å². The quantitative estimate of drug-likeness (QED) is 0.850. The fourth-order valence-electron chi connectivity index (χ4n) is 3.26. The maximum Gasteiger partial charge on any atom is 0.409 e. The summed E-state index contributed by atoms with van der Waals surface area (Å²) in [7, 11) is 1.98. The Kier molecular flexibility index (Phi) is 4.46. The van der Waals surface area contributed by atoms with Crippen molar-refractivity contribution in [1.29, 1.82) is 0 Å². The van der Waals surface area contributed by atoms with E-state index in [9.17, 15) is 9.59 Å². The first-order valence-corrected chi connectivity index (χ1v) is 8.29. The van der Waals surface area contributed by atoms with Crippen LogP contribution in [0.3, 0.4) is 0 Å². The number of piperazine rings is 1. The molecule has 0 N–H and O–H groups in total. The van der Waals surface area contributed by atoms with Crippen molar-refractivity contribution >= 4 is 22.9 Å². The third-order valence-electron chi connectivity index (χ3n) is 4.71. The number of hydrogen-bond acceptors (Lipinski definition) is 3. The lowest BCUT2D eigenvalue weighted by Crippen LogP contribution is -2.50. The molecule has 6 nitrogen and oxygen atoms in total. The minimum absolute atomic E-state index is 0.0350. The second-order valence-corrected chi connectivity index (χ2v) is 6.01. The molecule has 2 amide bonds. The third-order valence-corrected chi connectivity index (χ3v) is 4.71. The van der Waals surface area contributed by atoms with Crippen molar-refractivity contribution < 1.29 is 14.3 Å². The molecule has 0 atom stereocenters. The molecular formula is C18H23N3O3. The number of carbonyl (C=O) groups excluding carboxylic acids is 2. The van der Waals surface area contributed by atoms with E-state index in [-0.39, 0.29) is 12.0 Å². The number of nitrogens with zero attached hydrogens (tertiary/aromatic N) is 3. The highest BCUT2D eigenvalue weighted by Crippen LogP contribution is 2.26. The summed E-state index contributed by atoms with van der Waals surface area (Å²) in [6.07, 6.45) is -0.300. The zero-order chi connectivity index (χ0) is 17.3. The minimum atomic E-state index is -0.300. The van der Waals surface area contributed by atoms with Gasteiger partial charge < -0.3 is 19.1 Å². The van der Waals surface area contributed by atoms with Crippen molar-refractivity contribution in [3.8, 4) is 0 Å². The van der Waals surface area contributed by atoms with E-state index in [0.29, 0.717) is 32.8 Å². The van der Waals surface area contributed by atoms with E-state index in [2.05, 4.69) is 4.57 Å². The average Bonchev–Trinajstić information content (AvgIpc) is 2.86. The van der Waals surface area contributed by atoms with Crippen molar-refractivity contribution in [1.82, 2.24) is 14.4 Å². The smallest absolute Gasteiger partial charge is 0.409 e. The number of rotatable bonds is 2.